The summed E-state index contributed by atoms with van der Waals surface area (Å²) in [5.41, 5.74) is 2.01. The van der Waals surface area contributed by atoms with E-state index >= 15 is 0 Å². The Balaban J connectivity index is 2.49. The predicted molar refractivity (Wildman–Crippen MR) is 94.4 cm³/mol. The summed E-state index contributed by atoms with van der Waals surface area (Å²) in [7, 11) is -1.65. The third kappa shape index (κ3) is 5.40. The van der Waals surface area contributed by atoms with Gasteiger partial charge in [-0.25, -0.2) is 4.79 Å². The molecule has 0 aromatic rings. The molecule has 1 aliphatic carbocycles. The molecule has 0 unspecified atom stereocenters. The van der Waals surface area contributed by atoms with Crippen LogP contribution in [0.25, 0.3) is 0 Å². The smallest absolute Gasteiger partial charge is 0.334 e. The van der Waals surface area contributed by atoms with Crippen LogP contribution in [-0.4, -0.2) is 27.5 Å². The number of carbonyl (C=O) groups excluding carboxylic acids is 1. The Hall–Kier alpha value is -0.873. The van der Waals surface area contributed by atoms with Crippen LogP contribution < -0.4 is 0 Å². The van der Waals surface area contributed by atoms with Crippen LogP contribution in [0.4, 0.5) is 0 Å². The molecule has 0 atom stereocenters. The minimum absolute atomic E-state index is 0.142. The van der Waals surface area contributed by atoms with Gasteiger partial charge in [0, 0.05) is 12.2 Å². The van der Waals surface area contributed by atoms with Gasteiger partial charge < -0.3 is 9.16 Å². The highest BCUT2D eigenvalue weighted by molar-refractivity contribution is 6.74. The lowest BCUT2D eigenvalue weighted by molar-refractivity contribution is -0.138. The molecule has 0 aromatic heterocycles. The quantitative estimate of drug-likeness (QED) is 0.375. The van der Waals surface area contributed by atoms with Crippen molar-refractivity contribution in [2.45, 2.75) is 71.5 Å². The lowest BCUT2D eigenvalue weighted by Crippen LogP contribution is -2.40. The van der Waals surface area contributed by atoms with Crippen molar-refractivity contribution in [1.29, 1.82) is 0 Å². The SMILES string of the molecule is CCOC(=O)C1=C(/C=C/CCO[Si](C)(C)C(C)(C)C)CCC1. The molecule has 4 heteroatoms. The summed E-state index contributed by atoms with van der Waals surface area (Å²) in [4.78, 5) is 11.9. The van der Waals surface area contributed by atoms with E-state index in [-0.39, 0.29) is 11.0 Å². The lowest BCUT2D eigenvalue weighted by Gasteiger charge is -2.36. The molecular formula is C18H32O3Si. The van der Waals surface area contributed by atoms with Crippen LogP contribution in [0, 0.1) is 0 Å². The molecule has 0 N–H and O–H groups in total. The first-order chi connectivity index (χ1) is 10.2. The van der Waals surface area contributed by atoms with Crippen molar-refractivity contribution in [3.8, 4) is 0 Å². The van der Waals surface area contributed by atoms with Crippen molar-refractivity contribution in [3.05, 3.63) is 23.3 Å². The van der Waals surface area contributed by atoms with Crippen molar-refractivity contribution >= 4 is 14.3 Å². The fourth-order valence-electron chi connectivity index (χ4n) is 2.23. The zero-order valence-electron chi connectivity index (χ0n) is 15.1. The molecule has 0 radical (unpaired) electrons. The molecule has 0 aliphatic heterocycles. The third-order valence-corrected chi connectivity index (χ3v) is 9.19. The number of carbonyl (C=O) groups is 1. The number of ether oxygens (including phenoxy) is 1. The monoisotopic (exact) mass is 324 g/mol. The average Bonchev–Trinajstić information content (AvgIpc) is 2.85. The Morgan fingerprint density at radius 1 is 1.27 bits per heavy atom. The van der Waals surface area contributed by atoms with Crippen molar-refractivity contribution in [3.63, 3.8) is 0 Å². The zero-order valence-corrected chi connectivity index (χ0v) is 16.1. The number of allylic oxidation sites excluding steroid dienone is 2. The van der Waals surface area contributed by atoms with Crippen LogP contribution >= 0.6 is 0 Å². The molecule has 0 amide bonds. The van der Waals surface area contributed by atoms with Crippen molar-refractivity contribution in [1.82, 2.24) is 0 Å². The number of hydrogen-bond acceptors (Lipinski definition) is 3. The Kier molecular flexibility index (Phi) is 7.07. The topological polar surface area (TPSA) is 35.5 Å². The molecule has 0 aromatic carbocycles. The minimum Gasteiger partial charge on any atom is -0.463 e. The summed E-state index contributed by atoms with van der Waals surface area (Å²) in [6.45, 7) is 14.4. The molecule has 126 valence electrons. The maximum Gasteiger partial charge on any atom is 0.334 e. The second-order valence-electron chi connectivity index (χ2n) is 7.38. The van der Waals surface area contributed by atoms with E-state index in [1.54, 1.807) is 0 Å². The molecule has 0 fully saturated rings. The molecule has 1 aliphatic rings. The maximum atomic E-state index is 11.9. The summed E-state index contributed by atoms with van der Waals surface area (Å²) in [5, 5.41) is 0.252. The van der Waals surface area contributed by atoms with Crippen molar-refractivity contribution in [2.75, 3.05) is 13.2 Å². The summed E-state index contributed by atoms with van der Waals surface area (Å²) in [6.07, 6.45) is 7.99. The summed E-state index contributed by atoms with van der Waals surface area (Å²) in [6, 6.07) is 0. The molecule has 0 saturated heterocycles. The Bertz CT molecular complexity index is 442. The first-order valence-corrected chi connectivity index (χ1v) is 11.3. The van der Waals surface area contributed by atoms with Crippen LogP contribution in [0.2, 0.25) is 18.1 Å². The Morgan fingerprint density at radius 3 is 2.55 bits per heavy atom. The Labute approximate surface area is 136 Å². The standard InChI is InChI=1S/C18H32O3Si/c1-7-20-17(19)16-13-10-12-15(16)11-8-9-14-21-22(5,6)18(2,3)4/h8,11H,7,9-10,12-14H2,1-6H3/b11-8+. The van der Waals surface area contributed by atoms with E-state index < -0.39 is 8.32 Å². The second kappa shape index (κ2) is 8.11. The minimum atomic E-state index is -1.65. The van der Waals surface area contributed by atoms with E-state index in [0.717, 1.165) is 43.4 Å². The van der Waals surface area contributed by atoms with Gasteiger partial charge in [-0.1, -0.05) is 32.9 Å². The molecule has 0 bridgehead atoms. The summed E-state index contributed by atoms with van der Waals surface area (Å²) < 4.78 is 11.3. The molecule has 0 saturated carbocycles. The van der Waals surface area contributed by atoms with Crippen LogP contribution in [0.3, 0.4) is 0 Å². The lowest BCUT2D eigenvalue weighted by atomic mass is 10.1. The third-order valence-electron chi connectivity index (χ3n) is 4.65. The van der Waals surface area contributed by atoms with E-state index in [9.17, 15) is 4.79 Å². The number of hydrogen-bond donors (Lipinski definition) is 0. The van der Waals surface area contributed by atoms with Crippen LogP contribution in [0.1, 0.15) is 53.4 Å². The molecule has 0 heterocycles. The van der Waals surface area contributed by atoms with Gasteiger partial charge in [-0.3, -0.25) is 0 Å². The van der Waals surface area contributed by atoms with Gasteiger partial charge in [0.15, 0.2) is 8.32 Å². The zero-order chi connectivity index (χ0) is 16.8. The predicted octanol–water partition coefficient (Wildman–Crippen LogP) is 5.00. The normalized spacial score (nSPS) is 16.6. The van der Waals surface area contributed by atoms with Gasteiger partial charge in [-0.05, 0) is 56.3 Å². The van der Waals surface area contributed by atoms with Gasteiger partial charge in [0.25, 0.3) is 0 Å². The van der Waals surface area contributed by atoms with E-state index in [4.69, 9.17) is 9.16 Å². The average molecular weight is 325 g/mol. The number of rotatable bonds is 7. The van der Waals surface area contributed by atoms with Crippen LogP contribution in [-0.2, 0) is 14.0 Å². The van der Waals surface area contributed by atoms with Crippen LogP contribution in [0.5, 0.6) is 0 Å². The van der Waals surface area contributed by atoms with E-state index in [1.165, 1.54) is 0 Å². The summed E-state index contributed by atoms with van der Waals surface area (Å²) >= 11 is 0. The van der Waals surface area contributed by atoms with Gasteiger partial charge >= 0.3 is 5.97 Å². The first kappa shape index (κ1) is 19.2. The fraction of sp³-hybridized carbons (Fsp3) is 0.722. The molecule has 22 heavy (non-hydrogen) atoms. The highest BCUT2D eigenvalue weighted by atomic mass is 28.4. The number of esters is 1. The van der Waals surface area contributed by atoms with E-state index in [1.807, 2.05) is 6.92 Å². The van der Waals surface area contributed by atoms with Crippen LogP contribution in [0.15, 0.2) is 23.3 Å². The maximum absolute atomic E-state index is 11.9. The Morgan fingerprint density at radius 2 is 1.95 bits per heavy atom. The molecule has 3 nitrogen and oxygen atoms in total. The molecular weight excluding hydrogens is 292 g/mol. The van der Waals surface area contributed by atoms with E-state index in [2.05, 4.69) is 46.0 Å². The highest BCUT2D eigenvalue weighted by Crippen LogP contribution is 2.36. The van der Waals surface area contributed by atoms with Gasteiger partial charge in [0.05, 0.1) is 6.61 Å². The first-order valence-electron chi connectivity index (χ1n) is 8.38. The second-order valence-corrected chi connectivity index (χ2v) is 12.2. The van der Waals surface area contributed by atoms with Gasteiger partial charge in [-0.2, -0.15) is 0 Å². The molecule has 0 spiro atoms. The molecule has 1 rings (SSSR count). The van der Waals surface area contributed by atoms with Gasteiger partial charge in [0.1, 0.15) is 0 Å². The fourth-order valence-corrected chi connectivity index (χ4v) is 3.29. The largest absolute Gasteiger partial charge is 0.463 e. The van der Waals surface area contributed by atoms with Crippen molar-refractivity contribution < 1.29 is 14.0 Å². The van der Waals surface area contributed by atoms with Gasteiger partial charge in [0.2, 0.25) is 0 Å². The van der Waals surface area contributed by atoms with E-state index in [0.29, 0.717) is 6.61 Å². The highest BCUT2D eigenvalue weighted by Gasteiger charge is 2.36. The van der Waals surface area contributed by atoms with Crippen molar-refractivity contribution in [2.24, 2.45) is 0 Å². The summed E-state index contributed by atoms with van der Waals surface area (Å²) in [5.74, 6) is -0.142. The van der Waals surface area contributed by atoms with Gasteiger partial charge in [-0.15, -0.1) is 0 Å².